The average Bonchev–Trinajstić information content (AvgIpc) is 2.97. The van der Waals surface area contributed by atoms with Gasteiger partial charge in [-0.1, -0.05) is 6.58 Å². The molecule has 3 rings (SSSR count). The van der Waals surface area contributed by atoms with E-state index in [0.717, 1.165) is 16.8 Å². The van der Waals surface area contributed by atoms with E-state index in [-0.39, 0.29) is 11.0 Å². The van der Waals surface area contributed by atoms with Gasteiger partial charge >= 0.3 is 12.4 Å². The molecule has 0 radical (unpaired) electrons. The Morgan fingerprint density at radius 1 is 1.32 bits per heavy atom. The molecule has 1 aromatic heterocycles. The second-order valence-electron chi connectivity index (χ2n) is 7.21. The van der Waals surface area contributed by atoms with Crippen LogP contribution in [0.3, 0.4) is 0 Å². The van der Waals surface area contributed by atoms with Gasteiger partial charge in [0.05, 0.1) is 11.6 Å². The number of amides is 1. The first-order valence-corrected chi connectivity index (χ1v) is 10.4. The van der Waals surface area contributed by atoms with Gasteiger partial charge in [0, 0.05) is 18.9 Å². The fourth-order valence-electron chi connectivity index (χ4n) is 3.19. The third kappa shape index (κ3) is 4.54. The molecule has 7 nitrogen and oxygen atoms in total. The van der Waals surface area contributed by atoms with Crippen LogP contribution in [0.1, 0.15) is 16.1 Å². The maximum atomic E-state index is 13.5. The molecule has 1 aliphatic heterocycles. The van der Waals surface area contributed by atoms with Gasteiger partial charge in [0.25, 0.3) is 5.91 Å². The van der Waals surface area contributed by atoms with E-state index in [1.165, 1.54) is 7.05 Å². The van der Waals surface area contributed by atoms with Gasteiger partial charge in [-0.05, 0) is 24.3 Å². The zero-order valence-electron chi connectivity index (χ0n) is 17.1. The Morgan fingerprint density at radius 2 is 1.97 bits per heavy atom. The molecule has 2 aromatic rings. The van der Waals surface area contributed by atoms with Crippen molar-refractivity contribution in [1.29, 1.82) is 0 Å². The number of carbonyl (C=O) groups excluding carboxylic acids is 1. The summed E-state index contributed by atoms with van der Waals surface area (Å²) in [6.45, 7) is 2.06. The molecule has 0 saturated carbocycles. The third-order valence-electron chi connectivity index (χ3n) is 4.99. The monoisotopic (exact) mass is 515 g/mol. The van der Waals surface area contributed by atoms with Crippen LogP contribution in [0.2, 0.25) is 0 Å². The van der Waals surface area contributed by atoms with Crippen molar-refractivity contribution in [2.75, 3.05) is 11.9 Å². The summed E-state index contributed by atoms with van der Waals surface area (Å²) in [4.78, 5) is 12.5. The van der Waals surface area contributed by atoms with E-state index in [4.69, 9.17) is 4.74 Å². The van der Waals surface area contributed by atoms with E-state index >= 15 is 0 Å². The number of aliphatic hydroxyl groups is 1. The van der Waals surface area contributed by atoms with Crippen LogP contribution >= 0.6 is 0 Å². The number of nitrogens with one attached hydrogen (secondary N) is 2. The Bertz CT molecular complexity index is 1160. The third-order valence-corrected chi connectivity index (χ3v) is 6.18. The number of anilines is 1. The molecule has 0 spiro atoms. The van der Waals surface area contributed by atoms with E-state index in [9.17, 15) is 44.8 Å². The quantitative estimate of drug-likeness (QED) is 0.431. The first-order chi connectivity index (χ1) is 15.6. The first kappa shape index (κ1) is 25.7. The number of hydrogen-bond donors (Lipinski definition) is 3. The van der Waals surface area contributed by atoms with Gasteiger partial charge in [0.1, 0.15) is 28.3 Å². The zero-order chi connectivity index (χ0) is 25.6. The first-order valence-electron chi connectivity index (χ1n) is 9.21. The Morgan fingerprint density at radius 3 is 2.53 bits per heavy atom. The van der Waals surface area contributed by atoms with Crippen molar-refractivity contribution < 1.29 is 49.6 Å². The fraction of sp³-hybridized carbons (Fsp3) is 0.316. The maximum absolute atomic E-state index is 13.5. The van der Waals surface area contributed by atoms with Gasteiger partial charge in [-0.2, -0.15) is 26.3 Å². The van der Waals surface area contributed by atoms with E-state index in [2.05, 4.69) is 16.6 Å². The number of benzene rings is 1. The van der Waals surface area contributed by atoms with Crippen molar-refractivity contribution in [3.63, 3.8) is 0 Å². The molecular formula is C19H16F7N3O4S. The smallest absolute Gasteiger partial charge is 0.422 e. The molecule has 1 aromatic carbocycles. The number of ether oxygens (including phenoxy) is 1. The maximum Gasteiger partial charge on any atom is 0.422 e. The molecule has 0 bridgehead atoms. The van der Waals surface area contributed by atoms with Crippen LogP contribution < -0.4 is 14.8 Å². The molecule has 1 aliphatic rings. The highest BCUT2D eigenvalue weighted by molar-refractivity contribution is 7.83. The molecule has 34 heavy (non-hydrogen) atoms. The summed E-state index contributed by atoms with van der Waals surface area (Å²) in [6.07, 6.45) is -8.93. The van der Waals surface area contributed by atoms with Crippen LogP contribution in [0.25, 0.3) is 0 Å². The molecule has 3 atom stereocenters. The van der Waals surface area contributed by atoms with Crippen LogP contribution in [0.5, 0.6) is 5.75 Å². The summed E-state index contributed by atoms with van der Waals surface area (Å²) >= 11 is 0. The minimum absolute atomic E-state index is 0.210. The predicted octanol–water partition coefficient (Wildman–Crippen LogP) is 3.29. The number of nitrogens with zero attached hydrogens (tertiary/aromatic N) is 1. The molecule has 15 heteroatoms. The Labute approximate surface area is 189 Å². The second kappa shape index (κ2) is 8.70. The summed E-state index contributed by atoms with van der Waals surface area (Å²) in [6, 6.07) is -0.254. The van der Waals surface area contributed by atoms with Crippen LogP contribution in [-0.2, 0) is 24.2 Å². The van der Waals surface area contributed by atoms with Gasteiger partial charge < -0.3 is 19.7 Å². The molecular weight excluding hydrogens is 499 g/mol. The van der Waals surface area contributed by atoms with Gasteiger partial charge in [-0.15, -0.1) is 0 Å². The van der Waals surface area contributed by atoms with Crippen molar-refractivity contribution in [2.24, 2.45) is 7.05 Å². The molecule has 3 N–H and O–H groups in total. The highest BCUT2D eigenvalue weighted by Gasteiger charge is 2.58. The predicted molar refractivity (Wildman–Crippen MR) is 105 cm³/mol. The van der Waals surface area contributed by atoms with Gasteiger partial charge in [-0.25, -0.2) is 13.3 Å². The van der Waals surface area contributed by atoms with Crippen molar-refractivity contribution in [2.45, 2.75) is 28.9 Å². The van der Waals surface area contributed by atoms with Crippen molar-refractivity contribution in [3.8, 4) is 5.75 Å². The van der Waals surface area contributed by atoms with Crippen molar-refractivity contribution in [1.82, 2.24) is 9.29 Å². The highest BCUT2D eigenvalue weighted by Crippen LogP contribution is 2.38. The average molecular weight is 515 g/mol. The summed E-state index contributed by atoms with van der Waals surface area (Å²) < 4.78 is 114. The fourth-order valence-corrected chi connectivity index (χ4v) is 4.40. The number of carbonyl (C=O) groups is 1. The number of rotatable bonds is 4. The summed E-state index contributed by atoms with van der Waals surface area (Å²) in [7, 11) is -1.10. The van der Waals surface area contributed by atoms with E-state index in [1.54, 1.807) is 0 Å². The van der Waals surface area contributed by atoms with E-state index in [0.29, 0.717) is 12.1 Å². The molecule has 0 aliphatic carbocycles. The summed E-state index contributed by atoms with van der Waals surface area (Å²) in [5, 5.41) is 12.2. The Balaban J connectivity index is 1.94. The van der Waals surface area contributed by atoms with Crippen molar-refractivity contribution in [3.05, 3.63) is 54.1 Å². The number of alkyl halides is 6. The minimum atomic E-state index is -5.21. The Kier molecular flexibility index (Phi) is 6.58. The number of aryl methyl sites for hydroxylation is 1. The molecule has 0 saturated heterocycles. The van der Waals surface area contributed by atoms with Gasteiger partial charge in [0.15, 0.2) is 17.0 Å². The number of aromatic nitrogens is 1. The zero-order valence-corrected chi connectivity index (χ0v) is 17.9. The van der Waals surface area contributed by atoms with Crippen LogP contribution in [0, 0.1) is 5.82 Å². The topological polar surface area (TPSA) is 92.6 Å². The lowest BCUT2D eigenvalue weighted by Crippen LogP contribution is -2.60. The number of hydrogen-bond acceptors (Lipinski definition) is 4. The van der Waals surface area contributed by atoms with E-state index in [1.807, 2.05) is 0 Å². The lowest BCUT2D eigenvalue weighted by atomic mass is 9.95. The molecule has 3 unspecified atom stereocenters. The molecule has 186 valence electrons. The lowest BCUT2D eigenvalue weighted by Gasteiger charge is -2.33. The largest absolute Gasteiger partial charge is 0.488 e. The van der Waals surface area contributed by atoms with Crippen LogP contribution in [0.4, 0.5) is 36.4 Å². The summed E-state index contributed by atoms with van der Waals surface area (Å²) in [5.41, 5.74) is -5.98. The minimum Gasteiger partial charge on any atom is -0.488 e. The normalized spacial score (nSPS) is 20.5. The van der Waals surface area contributed by atoms with Crippen LogP contribution in [0.15, 0.2) is 41.9 Å². The lowest BCUT2D eigenvalue weighted by molar-refractivity contribution is -0.249. The number of halogens is 7. The van der Waals surface area contributed by atoms with Gasteiger partial charge in [-0.3, -0.25) is 4.79 Å². The highest BCUT2D eigenvalue weighted by atomic mass is 32.2. The molecule has 0 fully saturated rings. The Hall–Kier alpha value is -2.91. The van der Waals surface area contributed by atoms with E-state index < -0.39 is 76.0 Å². The second-order valence-corrected chi connectivity index (χ2v) is 8.42. The molecule has 1 amide bonds. The summed E-state index contributed by atoms with van der Waals surface area (Å²) in [5.74, 6) is -3.05. The number of fused-ring (bicyclic) bond motifs is 1. The van der Waals surface area contributed by atoms with Gasteiger partial charge in [0.2, 0.25) is 0 Å². The standard InChI is InChI=1S/C19H16F7N3O4S/c1-3-17(31,19(24,25)26)13-8-33-15-12(34(32)28-13)7-29(2)14(15)16(30)27-9-4-5-11(20)10(6-9)18(21,22)23/h3-7,13,28,31H,1,8H2,2H3,(H,27,30). The van der Waals surface area contributed by atoms with Crippen molar-refractivity contribution >= 4 is 22.6 Å². The SMILES string of the molecule is C=CC(O)(C1COc2c(cn(C)c2C(=O)Nc2ccc(F)c(C(F)(F)F)c2)S(=O)N1)C(F)(F)F. The molecule has 2 heterocycles. The van der Waals surface area contributed by atoms with Crippen LogP contribution in [-0.4, -0.2) is 44.2 Å².